The first-order chi connectivity index (χ1) is 14.6. The van der Waals surface area contributed by atoms with Gasteiger partial charge in [0.1, 0.15) is 17.8 Å². The number of aromatic nitrogens is 3. The van der Waals surface area contributed by atoms with E-state index in [1.165, 1.54) is 30.6 Å². The van der Waals surface area contributed by atoms with Gasteiger partial charge >= 0.3 is 6.01 Å². The molecule has 0 saturated carbocycles. The highest BCUT2D eigenvalue weighted by Gasteiger charge is 2.45. The molecule has 0 radical (unpaired) electrons. The molecule has 2 fully saturated rings. The summed E-state index contributed by atoms with van der Waals surface area (Å²) in [4.78, 5) is 15.0. The molecular formula is C22H21F3N4O. The Balaban J connectivity index is 1.48. The second-order valence-corrected chi connectivity index (χ2v) is 7.97. The van der Waals surface area contributed by atoms with Crippen molar-refractivity contribution in [2.24, 2.45) is 0 Å². The fraction of sp³-hybridized carbons (Fsp3) is 0.409. The molecule has 2 aliphatic heterocycles. The van der Waals surface area contributed by atoms with Crippen molar-refractivity contribution in [2.75, 3.05) is 19.7 Å². The van der Waals surface area contributed by atoms with E-state index >= 15 is 4.39 Å². The lowest BCUT2D eigenvalue weighted by molar-refractivity contribution is 0.107. The number of ether oxygens (including phenoxy) is 1. The van der Waals surface area contributed by atoms with Gasteiger partial charge in [-0.2, -0.15) is 4.98 Å². The molecule has 0 spiro atoms. The van der Waals surface area contributed by atoms with Crippen molar-refractivity contribution in [3.05, 3.63) is 48.0 Å². The third-order valence-corrected chi connectivity index (χ3v) is 6.28. The Labute approximate surface area is 171 Å². The SMILES string of the molecule is Fc1c(-c2ccccc2C(F)F)ncc2cnc(OCC34CCCN3CCC4)nc12. The van der Waals surface area contributed by atoms with Crippen LogP contribution in [-0.2, 0) is 0 Å². The van der Waals surface area contributed by atoms with Gasteiger partial charge in [-0.15, -0.1) is 0 Å². The van der Waals surface area contributed by atoms with Crippen LogP contribution in [0.3, 0.4) is 0 Å². The van der Waals surface area contributed by atoms with E-state index < -0.39 is 12.2 Å². The summed E-state index contributed by atoms with van der Waals surface area (Å²) in [6, 6.07) is 5.87. The number of hydrogen-bond acceptors (Lipinski definition) is 5. The van der Waals surface area contributed by atoms with E-state index in [4.69, 9.17) is 4.74 Å². The maximum Gasteiger partial charge on any atom is 0.317 e. The third-order valence-electron chi connectivity index (χ3n) is 6.28. The lowest BCUT2D eigenvalue weighted by Crippen LogP contribution is -2.43. The van der Waals surface area contributed by atoms with Crippen molar-refractivity contribution in [3.8, 4) is 17.3 Å². The Bertz CT molecular complexity index is 1080. The van der Waals surface area contributed by atoms with Gasteiger partial charge in [0.05, 0.1) is 5.54 Å². The number of hydrogen-bond donors (Lipinski definition) is 0. The topological polar surface area (TPSA) is 51.1 Å². The van der Waals surface area contributed by atoms with E-state index in [-0.39, 0.29) is 33.9 Å². The van der Waals surface area contributed by atoms with Crippen molar-refractivity contribution in [1.82, 2.24) is 19.9 Å². The molecule has 2 saturated heterocycles. The zero-order chi connectivity index (χ0) is 20.7. The molecule has 2 aliphatic rings. The van der Waals surface area contributed by atoms with Gasteiger partial charge < -0.3 is 4.74 Å². The number of benzene rings is 1. The minimum Gasteiger partial charge on any atom is -0.461 e. The Kier molecular flexibility index (Phi) is 4.81. The monoisotopic (exact) mass is 414 g/mol. The molecule has 3 aromatic rings. The predicted octanol–water partition coefficient (Wildman–Crippen LogP) is 4.78. The van der Waals surface area contributed by atoms with E-state index in [1.807, 2.05) is 0 Å². The van der Waals surface area contributed by atoms with Crippen molar-refractivity contribution in [3.63, 3.8) is 0 Å². The molecule has 5 rings (SSSR count). The van der Waals surface area contributed by atoms with Crippen LogP contribution in [-0.4, -0.2) is 45.1 Å². The third kappa shape index (κ3) is 3.19. The molecule has 0 amide bonds. The summed E-state index contributed by atoms with van der Waals surface area (Å²) in [7, 11) is 0. The summed E-state index contributed by atoms with van der Waals surface area (Å²) < 4.78 is 47.9. The van der Waals surface area contributed by atoms with Crippen molar-refractivity contribution in [2.45, 2.75) is 37.6 Å². The van der Waals surface area contributed by atoms with Gasteiger partial charge in [-0.3, -0.25) is 9.88 Å². The first kappa shape index (κ1) is 19.2. The van der Waals surface area contributed by atoms with Crippen LogP contribution in [0.5, 0.6) is 6.01 Å². The molecule has 1 aromatic carbocycles. The van der Waals surface area contributed by atoms with E-state index in [9.17, 15) is 8.78 Å². The van der Waals surface area contributed by atoms with E-state index in [0.29, 0.717) is 12.0 Å². The summed E-state index contributed by atoms with van der Waals surface area (Å²) in [6.45, 7) is 2.62. The number of alkyl halides is 2. The van der Waals surface area contributed by atoms with E-state index in [2.05, 4.69) is 19.9 Å². The van der Waals surface area contributed by atoms with Gasteiger partial charge in [0.25, 0.3) is 6.43 Å². The Morgan fingerprint density at radius 1 is 1.07 bits per heavy atom. The summed E-state index contributed by atoms with van der Waals surface area (Å²) >= 11 is 0. The van der Waals surface area contributed by atoms with Gasteiger partial charge in [0.2, 0.25) is 0 Å². The molecule has 156 valence electrons. The molecule has 2 aromatic heterocycles. The van der Waals surface area contributed by atoms with Crippen LogP contribution in [0.4, 0.5) is 13.2 Å². The molecule has 0 aliphatic carbocycles. The van der Waals surface area contributed by atoms with Gasteiger partial charge in [-0.05, 0) is 38.8 Å². The second-order valence-electron chi connectivity index (χ2n) is 7.97. The van der Waals surface area contributed by atoms with Crippen molar-refractivity contribution < 1.29 is 17.9 Å². The number of pyridine rings is 1. The van der Waals surface area contributed by atoms with Crippen LogP contribution < -0.4 is 4.74 Å². The normalized spacial score (nSPS) is 18.3. The smallest absolute Gasteiger partial charge is 0.317 e. The number of fused-ring (bicyclic) bond motifs is 2. The summed E-state index contributed by atoms with van der Waals surface area (Å²) in [5.41, 5.74) is -0.327. The Morgan fingerprint density at radius 2 is 1.80 bits per heavy atom. The van der Waals surface area contributed by atoms with Crippen molar-refractivity contribution in [1.29, 1.82) is 0 Å². The van der Waals surface area contributed by atoms with Crippen LogP contribution >= 0.6 is 0 Å². The highest BCUT2D eigenvalue weighted by molar-refractivity contribution is 5.83. The Morgan fingerprint density at radius 3 is 2.57 bits per heavy atom. The fourth-order valence-corrected chi connectivity index (χ4v) is 4.77. The van der Waals surface area contributed by atoms with Crippen LogP contribution in [0.25, 0.3) is 22.2 Å². The molecule has 4 heterocycles. The summed E-state index contributed by atoms with van der Waals surface area (Å²) in [6.07, 6.45) is 4.57. The first-order valence-electron chi connectivity index (χ1n) is 10.1. The lowest BCUT2D eigenvalue weighted by atomic mass is 9.95. The van der Waals surface area contributed by atoms with Gasteiger partial charge in [0, 0.05) is 28.9 Å². The summed E-state index contributed by atoms with van der Waals surface area (Å²) in [5, 5.41) is 0.389. The molecule has 30 heavy (non-hydrogen) atoms. The fourth-order valence-electron chi connectivity index (χ4n) is 4.77. The second kappa shape index (κ2) is 7.50. The molecular weight excluding hydrogens is 393 g/mol. The number of halogens is 3. The minimum absolute atomic E-state index is 0.0151. The van der Waals surface area contributed by atoms with Gasteiger partial charge in [0.15, 0.2) is 5.82 Å². The summed E-state index contributed by atoms with van der Waals surface area (Å²) in [5.74, 6) is -0.755. The average molecular weight is 414 g/mol. The molecule has 0 atom stereocenters. The standard InChI is InChI=1S/C22H21F3N4O/c23-17-18-14(11-26-19(17)15-5-1-2-6-16(15)20(24)25)12-27-21(28-18)30-13-22-7-3-9-29(22)10-4-8-22/h1-2,5-6,11-12,20H,3-4,7-10,13H2. The molecule has 0 unspecified atom stereocenters. The molecule has 8 heteroatoms. The highest BCUT2D eigenvalue weighted by atomic mass is 19.3. The largest absolute Gasteiger partial charge is 0.461 e. The van der Waals surface area contributed by atoms with E-state index in [1.54, 1.807) is 6.07 Å². The lowest BCUT2D eigenvalue weighted by Gasteiger charge is -2.31. The molecule has 0 N–H and O–H groups in total. The van der Waals surface area contributed by atoms with Gasteiger partial charge in [-0.25, -0.2) is 18.2 Å². The maximum absolute atomic E-state index is 15.3. The zero-order valence-corrected chi connectivity index (χ0v) is 16.3. The van der Waals surface area contributed by atoms with Crippen molar-refractivity contribution >= 4 is 10.9 Å². The first-order valence-corrected chi connectivity index (χ1v) is 10.1. The zero-order valence-electron chi connectivity index (χ0n) is 16.3. The number of rotatable bonds is 5. The quantitative estimate of drug-likeness (QED) is 0.602. The van der Waals surface area contributed by atoms with Crippen LogP contribution in [0.15, 0.2) is 36.7 Å². The van der Waals surface area contributed by atoms with Crippen LogP contribution in [0.1, 0.15) is 37.7 Å². The van der Waals surface area contributed by atoms with Gasteiger partial charge in [-0.1, -0.05) is 24.3 Å². The van der Waals surface area contributed by atoms with E-state index in [0.717, 1.165) is 38.8 Å². The average Bonchev–Trinajstić information content (AvgIpc) is 3.33. The number of nitrogens with zero attached hydrogens (tertiary/aromatic N) is 4. The predicted molar refractivity (Wildman–Crippen MR) is 106 cm³/mol. The maximum atomic E-state index is 15.3. The Hall–Kier alpha value is -2.74. The highest BCUT2D eigenvalue weighted by Crippen LogP contribution is 2.39. The molecule has 5 nitrogen and oxygen atoms in total. The minimum atomic E-state index is -2.73. The molecule has 0 bridgehead atoms. The van der Waals surface area contributed by atoms with Crippen LogP contribution in [0.2, 0.25) is 0 Å². The van der Waals surface area contributed by atoms with Crippen LogP contribution in [0, 0.1) is 5.82 Å².